The molecule has 0 radical (unpaired) electrons. The van der Waals surface area contributed by atoms with Gasteiger partial charge in [-0.3, -0.25) is 14.4 Å². The zero-order chi connectivity index (χ0) is 53.0. The van der Waals surface area contributed by atoms with E-state index in [0.717, 1.165) is 133 Å². The van der Waals surface area contributed by atoms with E-state index in [1.54, 1.807) is 30.3 Å². The van der Waals surface area contributed by atoms with Crippen molar-refractivity contribution in [1.29, 1.82) is 0 Å². The zero-order valence-corrected chi connectivity index (χ0v) is 47.0. The lowest BCUT2D eigenvalue weighted by Crippen LogP contribution is -2.10. The number of rotatable bonds is 47. The summed E-state index contributed by atoms with van der Waals surface area (Å²) in [4.78, 5) is 38.6. The maximum absolute atomic E-state index is 13.0. The lowest BCUT2D eigenvalue weighted by molar-refractivity contribution is -0.135. The van der Waals surface area contributed by atoms with Crippen LogP contribution in [-0.4, -0.2) is 17.9 Å². The van der Waals surface area contributed by atoms with Gasteiger partial charge in [0.2, 0.25) is 0 Å². The van der Waals surface area contributed by atoms with Crippen molar-refractivity contribution in [3.63, 3.8) is 0 Å². The van der Waals surface area contributed by atoms with Crippen molar-refractivity contribution in [2.45, 2.75) is 252 Å². The molecule has 0 aliphatic heterocycles. The van der Waals surface area contributed by atoms with Gasteiger partial charge in [0.15, 0.2) is 0 Å². The molecule has 6 nitrogen and oxygen atoms in total. The van der Waals surface area contributed by atoms with Gasteiger partial charge in [0, 0.05) is 25.3 Å². The smallest absolute Gasteiger partial charge is 0.311 e. The van der Waals surface area contributed by atoms with Gasteiger partial charge in [-0.15, -0.1) is 0 Å². The van der Waals surface area contributed by atoms with Crippen LogP contribution in [-0.2, 0) is 14.4 Å². The molecule has 2 rings (SSSR count). The van der Waals surface area contributed by atoms with Crippen LogP contribution in [0.15, 0.2) is 115 Å². The molecule has 0 unspecified atom stereocenters. The third-order valence-electron chi connectivity index (χ3n) is 12.9. The fraction of sp³-hybridized carbons (Fsp3) is 0.574. The van der Waals surface area contributed by atoms with Crippen LogP contribution in [0.2, 0.25) is 0 Å². The molecule has 0 aliphatic rings. The molecule has 0 aromatic heterocycles. The maximum Gasteiger partial charge on any atom is 0.311 e. The maximum atomic E-state index is 13.0. The van der Waals surface area contributed by atoms with Crippen LogP contribution in [0.5, 0.6) is 17.2 Å². The third kappa shape index (κ3) is 40.4. The predicted octanol–water partition coefficient (Wildman–Crippen LogP) is 21.0. The molecule has 0 atom stereocenters. The molecule has 0 bridgehead atoms. The highest BCUT2D eigenvalue weighted by atomic mass is 16.5. The van der Waals surface area contributed by atoms with Crippen molar-refractivity contribution in [1.82, 2.24) is 0 Å². The number of carbonyl (C=O) groups excluding carboxylic acids is 3. The van der Waals surface area contributed by atoms with Gasteiger partial charge in [-0.2, -0.15) is 0 Å². The van der Waals surface area contributed by atoms with E-state index in [1.807, 2.05) is 24.3 Å². The van der Waals surface area contributed by atoms with Crippen molar-refractivity contribution in [2.75, 3.05) is 0 Å². The van der Waals surface area contributed by atoms with E-state index in [-0.39, 0.29) is 17.9 Å². The van der Waals surface area contributed by atoms with Crippen molar-refractivity contribution < 1.29 is 28.6 Å². The molecular formula is C68H102O6. The fourth-order valence-electron chi connectivity index (χ4n) is 8.44. The first-order valence-electron chi connectivity index (χ1n) is 29.9. The quantitative estimate of drug-likeness (QED) is 0.0216. The molecule has 0 aliphatic carbocycles. The SMILES string of the molecule is CCCCC/C=C\C/C=C\CCCCCCCC(=O)Oc1ccc(C=Cc2cc(OC(=O)CCCCCCC/C=C\C/C=C\CCCCC)cc(OC(=O)CCCCCCC/C=C\C/C=C\CCCCC)c2)cc1. The molecule has 0 fully saturated rings. The third-order valence-corrected chi connectivity index (χ3v) is 12.9. The summed E-state index contributed by atoms with van der Waals surface area (Å²) in [6.45, 7) is 6.72. The second-order valence-electron chi connectivity index (χ2n) is 20.0. The molecule has 410 valence electrons. The summed E-state index contributed by atoms with van der Waals surface area (Å²) in [5, 5.41) is 0. The molecule has 0 N–H and O–H groups in total. The Morgan fingerprint density at radius 3 is 0.932 bits per heavy atom. The summed E-state index contributed by atoms with van der Waals surface area (Å²) in [5.41, 5.74) is 1.64. The van der Waals surface area contributed by atoms with Crippen LogP contribution < -0.4 is 14.2 Å². The van der Waals surface area contributed by atoms with Gasteiger partial charge in [0.1, 0.15) is 17.2 Å². The lowest BCUT2D eigenvalue weighted by atomic mass is 10.1. The van der Waals surface area contributed by atoms with Crippen molar-refractivity contribution in [3.05, 3.63) is 127 Å². The molecule has 2 aromatic rings. The van der Waals surface area contributed by atoms with E-state index in [9.17, 15) is 14.4 Å². The van der Waals surface area contributed by atoms with Gasteiger partial charge < -0.3 is 14.2 Å². The minimum absolute atomic E-state index is 0.210. The van der Waals surface area contributed by atoms with E-state index >= 15 is 0 Å². The van der Waals surface area contributed by atoms with E-state index < -0.39 is 0 Å². The second kappa shape index (κ2) is 48.9. The molecule has 74 heavy (non-hydrogen) atoms. The molecule has 0 spiro atoms. The van der Waals surface area contributed by atoms with Crippen LogP contribution in [0.1, 0.15) is 263 Å². The summed E-state index contributed by atoms with van der Waals surface area (Å²) in [6.07, 6.45) is 69.5. The summed E-state index contributed by atoms with van der Waals surface area (Å²) >= 11 is 0. The normalized spacial score (nSPS) is 12.1. The van der Waals surface area contributed by atoms with Crippen LogP contribution in [0.4, 0.5) is 0 Å². The fourth-order valence-corrected chi connectivity index (χ4v) is 8.44. The topological polar surface area (TPSA) is 78.9 Å². The van der Waals surface area contributed by atoms with Crippen LogP contribution >= 0.6 is 0 Å². The molecule has 0 amide bonds. The average Bonchev–Trinajstić information content (AvgIpc) is 3.39. The number of allylic oxidation sites excluding steroid dienone is 12. The molecule has 6 heteroatoms. The van der Waals surface area contributed by atoms with Crippen molar-refractivity contribution >= 4 is 30.1 Å². The highest BCUT2D eigenvalue weighted by Gasteiger charge is 2.12. The molecular weight excluding hydrogens is 913 g/mol. The standard InChI is InChI=1S/C68H102O6/c1-4-7-10-13-16-19-22-25-28-31-34-37-40-43-46-49-66(69)72-63-56-54-61(55-57-63)52-53-62-58-64(73-67(70)50-47-44-41-38-35-32-29-26-23-20-17-14-11-8-5-2)60-65(59-62)74-68(71)51-48-45-42-39-36-33-30-27-24-21-18-15-12-9-6-3/h16-21,25-30,52-60H,4-15,22-24,31-51H2,1-3H3/b19-16-,20-17-,21-18-,28-25-,29-26-,30-27-,53-52?. The lowest BCUT2D eigenvalue weighted by Gasteiger charge is -2.10. The number of unbranched alkanes of at least 4 members (excludes halogenated alkanes) is 24. The van der Waals surface area contributed by atoms with E-state index in [1.165, 1.54) is 89.9 Å². The Kier molecular flexibility index (Phi) is 43.1. The van der Waals surface area contributed by atoms with E-state index in [4.69, 9.17) is 14.2 Å². The Bertz CT molecular complexity index is 1830. The number of carbonyl (C=O) groups is 3. The minimum Gasteiger partial charge on any atom is -0.427 e. The number of hydrogen-bond donors (Lipinski definition) is 0. The highest BCUT2D eigenvalue weighted by molar-refractivity contribution is 5.77. The van der Waals surface area contributed by atoms with Crippen LogP contribution in [0.25, 0.3) is 12.2 Å². The largest absolute Gasteiger partial charge is 0.427 e. The number of hydrogen-bond acceptors (Lipinski definition) is 6. The van der Waals surface area contributed by atoms with Gasteiger partial charge in [0.25, 0.3) is 0 Å². The van der Waals surface area contributed by atoms with Gasteiger partial charge in [-0.1, -0.05) is 214 Å². The Morgan fingerprint density at radius 2 is 0.595 bits per heavy atom. The van der Waals surface area contributed by atoms with Crippen LogP contribution in [0.3, 0.4) is 0 Å². The highest BCUT2D eigenvalue weighted by Crippen LogP contribution is 2.27. The van der Waals surface area contributed by atoms with Crippen molar-refractivity contribution in [3.8, 4) is 17.2 Å². The summed E-state index contributed by atoms with van der Waals surface area (Å²) in [5.74, 6) is 0.431. The first-order valence-corrected chi connectivity index (χ1v) is 29.9. The van der Waals surface area contributed by atoms with E-state index in [2.05, 4.69) is 93.7 Å². The Hall–Kier alpha value is -4.97. The van der Waals surface area contributed by atoms with Crippen molar-refractivity contribution in [2.24, 2.45) is 0 Å². The van der Waals surface area contributed by atoms with Crippen LogP contribution in [0, 0.1) is 0 Å². The predicted molar refractivity (Wildman–Crippen MR) is 317 cm³/mol. The summed E-state index contributed by atoms with van der Waals surface area (Å²) in [7, 11) is 0. The first-order chi connectivity index (χ1) is 36.4. The molecule has 2 aromatic carbocycles. The number of ether oxygens (including phenoxy) is 3. The average molecular weight is 1020 g/mol. The molecule has 0 saturated carbocycles. The van der Waals surface area contributed by atoms with Gasteiger partial charge in [0.05, 0.1) is 0 Å². The van der Waals surface area contributed by atoms with Gasteiger partial charge >= 0.3 is 17.9 Å². The Balaban J connectivity index is 1.83. The number of esters is 3. The Labute approximate surface area is 452 Å². The van der Waals surface area contributed by atoms with Gasteiger partial charge in [-0.05, 0) is 151 Å². The first kappa shape index (κ1) is 65.1. The summed E-state index contributed by atoms with van der Waals surface area (Å²) in [6, 6.07) is 12.6. The molecule has 0 saturated heterocycles. The number of benzene rings is 2. The minimum atomic E-state index is -0.292. The molecule has 0 heterocycles. The second-order valence-corrected chi connectivity index (χ2v) is 20.0. The Morgan fingerprint density at radius 1 is 0.311 bits per heavy atom. The summed E-state index contributed by atoms with van der Waals surface area (Å²) < 4.78 is 17.3. The van der Waals surface area contributed by atoms with Gasteiger partial charge in [-0.25, -0.2) is 0 Å². The van der Waals surface area contributed by atoms with E-state index in [0.29, 0.717) is 36.5 Å². The monoisotopic (exact) mass is 1010 g/mol. The zero-order valence-electron chi connectivity index (χ0n) is 47.0.